The molecule has 1 aromatic rings. The van der Waals surface area contributed by atoms with Crippen molar-refractivity contribution in [2.45, 2.75) is 30.6 Å². The quantitative estimate of drug-likeness (QED) is 0.785. The highest BCUT2D eigenvalue weighted by molar-refractivity contribution is 7.97. The molecule has 0 aromatic heterocycles. The summed E-state index contributed by atoms with van der Waals surface area (Å²) in [5.74, 6) is 0.0134. The number of hydrogen-bond donors (Lipinski definition) is 0. The van der Waals surface area contributed by atoms with Gasteiger partial charge in [0.25, 0.3) is 0 Å². The summed E-state index contributed by atoms with van der Waals surface area (Å²) >= 11 is 1.50. The highest BCUT2D eigenvalue weighted by atomic mass is 32.2. The maximum Gasteiger partial charge on any atom is 0.134 e. The molecule has 0 radical (unpaired) electrons. The van der Waals surface area contributed by atoms with Gasteiger partial charge in [0.2, 0.25) is 0 Å². The number of rotatable bonds is 2. The Hall–Kier alpha value is -1.38. The molecular weight excluding hydrogens is 275 g/mol. The Kier molecular flexibility index (Phi) is 3.53. The van der Waals surface area contributed by atoms with Crippen LogP contribution in [0.5, 0.6) is 0 Å². The summed E-state index contributed by atoms with van der Waals surface area (Å²) in [6.07, 6.45) is 3.55. The third-order valence-corrected chi connectivity index (χ3v) is 5.23. The molecule has 2 aliphatic rings. The summed E-state index contributed by atoms with van der Waals surface area (Å²) in [7, 11) is 0. The molecule has 1 aromatic carbocycles. The van der Waals surface area contributed by atoms with Crippen molar-refractivity contribution < 1.29 is 9.18 Å². The van der Waals surface area contributed by atoms with E-state index in [4.69, 9.17) is 5.26 Å². The minimum atomic E-state index is -0.371. The summed E-state index contributed by atoms with van der Waals surface area (Å²) in [4.78, 5) is 11.9. The van der Waals surface area contributed by atoms with Crippen LogP contribution in [0, 0.1) is 22.6 Å². The van der Waals surface area contributed by atoms with Crippen LogP contribution in [0.1, 0.15) is 31.2 Å². The average Bonchev–Trinajstić information content (AvgIpc) is 2.39. The molecule has 0 amide bonds. The molecule has 0 bridgehead atoms. The topological polar surface area (TPSA) is 44.1 Å². The number of nitriles is 1. The zero-order valence-corrected chi connectivity index (χ0v) is 11.9. The Labute approximate surface area is 121 Å². The molecular formula is C15H15FN2OS. The lowest BCUT2D eigenvalue weighted by molar-refractivity contribution is -0.134. The number of hydrogen-bond acceptors (Lipinski definition) is 4. The summed E-state index contributed by atoms with van der Waals surface area (Å²) in [5, 5.41) is 8.85. The predicted octanol–water partition coefficient (Wildman–Crippen LogP) is 3.15. The molecule has 1 aliphatic heterocycles. The van der Waals surface area contributed by atoms with Crippen molar-refractivity contribution >= 4 is 17.7 Å². The zero-order chi connectivity index (χ0) is 14.2. The molecule has 1 spiro atoms. The number of halogens is 1. The van der Waals surface area contributed by atoms with E-state index in [-0.39, 0.29) is 11.2 Å². The van der Waals surface area contributed by atoms with Gasteiger partial charge in [-0.1, -0.05) is 0 Å². The van der Waals surface area contributed by atoms with Crippen LogP contribution < -0.4 is 0 Å². The summed E-state index contributed by atoms with van der Waals surface area (Å²) in [6.45, 7) is 1.83. The van der Waals surface area contributed by atoms with E-state index >= 15 is 0 Å². The number of benzene rings is 1. The molecule has 1 heterocycles. The van der Waals surface area contributed by atoms with Gasteiger partial charge in [0.1, 0.15) is 11.6 Å². The van der Waals surface area contributed by atoms with E-state index in [9.17, 15) is 9.18 Å². The SMILES string of the molecule is N#Cc1cc(F)cc(SN2CCC3(CC2)CC(=O)C3)c1. The third kappa shape index (κ3) is 2.72. The second-order valence-corrected chi connectivity index (χ2v) is 6.87. The lowest BCUT2D eigenvalue weighted by Gasteiger charge is -2.46. The molecule has 0 unspecified atom stereocenters. The molecule has 1 aliphatic carbocycles. The van der Waals surface area contributed by atoms with E-state index < -0.39 is 0 Å². The number of piperidine rings is 1. The van der Waals surface area contributed by atoms with Crippen LogP contribution in [-0.4, -0.2) is 23.2 Å². The van der Waals surface area contributed by atoms with E-state index in [2.05, 4.69) is 4.31 Å². The molecule has 3 nitrogen and oxygen atoms in total. The van der Waals surface area contributed by atoms with Crippen molar-refractivity contribution in [2.24, 2.45) is 5.41 Å². The van der Waals surface area contributed by atoms with Crippen LogP contribution in [0.3, 0.4) is 0 Å². The van der Waals surface area contributed by atoms with Crippen molar-refractivity contribution in [3.8, 4) is 6.07 Å². The van der Waals surface area contributed by atoms with E-state index in [0.29, 0.717) is 11.3 Å². The zero-order valence-electron chi connectivity index (χ0n) is 11.1. The van der Waals surface area contributed by atoms with Gasteiger partial charge in [-0.2, -0.15) is 5.26 Å². The van der Waals surface area contributed by atoms with E-state index in [1.807, 2.05) is 6.07 Å². The minimum Gasteiger partial charge on any atom is -0.300 e. The third-order valence-electron chi connectivity index (χ3n) is 4.16. The van der Waals surface area contributed by atoms with Crippen LogP contribution in [-0.2, 0) is 4.79 Å². The Morgan fingerprint density at radius 3 is 2.55 bits per heavy atom. The standard InChI is InChI=1S/C15H15FN2OS/c16-12-5-11(10-17)6-14(7-12)20-18-3-1-15(2-4-18)8-13(19)9-15/h5-7H,1-4,8-9H2. The van der Waals surface area contributed by atoms with Gasteiger partial charge in [0.05, 0.1) is 11.6 Å². The van der Waals surface area contributed by atoms with Crippen molar-refractivity contribution in [1.29, 1.82) is 5.26 Å². The highest BCUT2D eigenvalue weighted by Crippen LogP contribution is 2.47. The molecule has 1 saturated carbocycles. The fourth-order valence-corrected chi connectivity index (χ4v) is 4.03. The summed E-state index contributed by atoms with van der Waals surface area (Å²) in [5.41, 5.74) is 0.610. The molecule has 20 heavy (non-hydrogen) atoms. The fourth-order valence-electron chi connectivity index (χ4n) is 3.02. The average molecular weight is 290 g/mol. The first-order chi connectivity index (χ1) is 9.58. The van der Waals surface area contributed by atoms with E-state index in [1.165, 1.54) is 24.1 Å². The molecule has 3 rings (SSSR count). The molecule has 0 atom stereocenters. The van der Waals surface area contributed by atoms with Crippen LogP contribution in [0.4, 0.5) is 4.39 Å². The molecule has 5 heteroatoms. The molecule has 1 saturated heterocycles. The number of carbonyl (C=O) groups excluding carboxylic acids is 1. The first-order valence-corrected chi connectivity index (χ1v) is 7.51. The first kappa shape index (κ1) is 13.6. The number of nitrogens with zero attached hydrogens (tertiary/aromatic N) is 2. The predicted molar refractivity (Wildman–Crippen MR) is 74.5 cm³/mol. The largest absolute Gasteiger partial charge is 0.300 e. The second-order valence-electron chi connectivity index (χ2n) is 5.70. The van der Waals surface area contributed by atoms with Crippen molar-refractivity contribution in [3.63, 3.8) is 0 Å². The summed E-state index contributed by atoms with van der Waals surface area (Å²) in [6, 6.07) is 6.39. The van der Waals surface area contributed by atoms with E-state index in [1.54, 1.807) is 6.07 Å². The van der Waals surface area contributed by atoms with Crippen LogP contribution in [0.2, 0.25) is 0 Å². The first-order valence-electron chi connectivity index (χ1n) is 6.74. The molecule has 0 N–H and O–H groups in total. The van der Waals surface area contributed by atoms with Crippen molar-refractivity contribution in [1.82, 2.24) is 4.31 Å². The van der Waals surface area contributed by atoms with Crippen molar-refractivity contribution in [2.75, 3.05) is 13.1 Å². The minimum absolute atomic E-state index is 0.258. The maximum absolute atomic E-state index is 13.4. The number of carbonyl (C=O) groups is 1. The monoisotopic (exact) mass is 290 g/mol. The van der Waals surface area contributed by atoms with Gasteiger partial charge in [0, 0.05) is 30.8 Å². The van der Waals surface area contributed by atoms with Crippen LogP contribution >= 0.6 is 11.9 Å². The van der Waals surface area contributed by atoms with Crippen molar-refractivity contribution in [3.05, 3.63) is 29.6 Å². The normalized spacial score (nSPS) is 21.5. The summed E-state index contributed by atoms with van der Waals surface area (Å²) < 4.78 is 15.6. The molecule has 2 fully saturated rings. The lowest BCUT2D eigenvalue weighted by atomic mass is 9.63. The Morgan fingerprint density at radius 1 is 1.25 bits per heavy atom. The Balaban J connectivity index is 1.61. The number of Topliss-reactive ketones (excluding diaryl/α,β-unsaturated/α-hetero) is 1. The lowest BCUT2D eigenvalue weighted by Crippen LogP contribution is -2.45. The Bertz CT molecular complexity index is 578. The van der Waals surface area contributed by atoms with E-state index in [0.717, 1.165) is 43.7 Å². The van der Waals surface area contributed by atoms with Gasteiger partial charge in [-0.3, -0.25) is 4.79 Å². The van der Waals surface area contributed by atoms with Gasteiger partial charge in [-0.25, -0.2) is 8.70 Å². The van der Waals surface area contributed by atoms with Gasteiger partial charge < -0.3 is 0 Å². The van der Waals surface area contributed by atoms with Gasteiger partial charge in [-0.15, -0.1) is 0 Å². The van der Waals surface area contributed by atoms with Crippen LogP contribution in [0.15, 0.2) is 23.1 Å². The fraction of sp³-hybridized carbons (Fsp3) is 0.467. The maximum atomic E-state index is 13.4. The van der Waals surface area contributed by atoms with Gasteiger partial charge in [0.15, 0.2) is 0 Å². The smallest absolute Gasteiger partial charge is 0.134 e. The second kappa shape index (κ2) is 5.19. The molecule has 104 valence electrons. The van der Waals surface area contributed by atoms with Gasteiger partial charge in [-0.05, 0) is 48.4 Å². The van der Waals surface area contributed by atoms with Crippen LogP contribution in [0.25, 0.3) is 0 Å². The number of ketones is 1. The highest BCUT2D eigenvalue weighted by Gasteiger charge is 2.45. The van der Waals surface area contributed by atoms with Gasteiger partial charge >= 0.3 is 0 Å². The Morgan fingerprint density at radius 2 is 1.95 bits per heavy atom.